The number of sulfonamides is 1. The van der Waals surface area contributed by atoms with Crippen LogP contribution in [-0.2, 0) is 14.8 Å². The van der Waals surface area contributed by atoms with Gasteiger partial charge in [0.15, 0.2) is 11.5 Å². The van der Waals surface area contributed by atoms with Crippen LogP contribution < -0.4 is 14.2 Å². The molecule has 0 radical (unpaired) electrons. The van der Waals surface area contributed by atoms with Gasteiger partial charge in [0.25, 0.3) is 0 Å². The van der Waals surface area contributed by atoms with Crippen molar-refractivity contribution in [3.8, 4) is 11.5 Å². The molecule has 21 heavy (non-hydrogen) atoms. The van der Waals surface area contributed by atoms with Crippen LogP contribution in [-0.4, -0.2) is 47.3 Å². The lowest BCUT2D eigenvalue weighted by Crippen LogP contribution is -2.26. The Morgan fingerprint density at radius 3 is 2.71 bits per heavy atom. The van der Waals surface area contributed by atoms with Gasteiger partial charge in [-0.05, 0) is 18.6 Å². The Hall–Kier alpha value is -1.02. The van der Waals surface area contributed by atoms with E-state index in [-0.39, 0.29) is 4.90 Å². The molecule has 0 spiro atoms. The van der Waals surface area contributed by atoms with Crippen LogP contribution in [0.4, 0.5) is 0 Å². The molecular weight excluding hydrogens is 318 g/mol. The van der Waals surface area contributed by atoms with E-state index in [4.69, 9.17) is 25.8 Å². The Morgan fingerprint density at radius 1 is 1.19 bits per heavy atom. The number of hydrogen-bond donors (Lipinski definition) is 1. The van der Waals surface area contributed by atoms with Crippen molar-refractivity contribution in [2.75, 3.05) is 38.9 Å². The third-order valence-electron chi connectivity index (χ3n) is 2.80. The van der Waals surface area contributed by atoms with Crippen LogP contribution in [0.5, 0.6) is 11.5 Å². The maximum absolute atomic E-state index is 12.1. The van der Waals surface area contributed by atoms with Gasteiger partial charge < -0.3 is 14.2 Å². The summed E-state index contributed by atoms with van der Waals surface area (Å²) < 4.78 is 42.7. The second-order valence-electron chi connectivity index (χ2n) is 4.36. The van der Waals surface area contributed by atoms with Crippen molar-refractivity contribution < 1.29 is 22.6 Å². The summed E-state index contributed by atoms with van der Waals surface area (Å²) in [5.41, 5.74) is 0. The van der Waals surface area contributed by atoms with Crippen molar-refractivity contribution in [1.82, 2.24) is 4.72 Å². The Labute approximate surface area is 129 Å². The topological polar surface area (TPSA) is 73.9 Å². The van der Waals surface area contributed by atoms with Gasteiger partial charge in [-0.1, -0.05) is 0 Å². The summed E-state index contributed by atoms with van der Waals surface area (Å²) in [6, 6.07) is 4.58. The first-order valence-electron chi connectivity index (χ1n) is 6.66. The first-order valence-corrected chi connectivity index (χ1v) is 8.68. The van der Waals surface area contributed by atoms with Gasteiger partial charge in [0.2, 0.25) is 10.0 Å². The van der Waals surface area contributed by atoms with Gasteiger partial charge in [-0.3, -0.25) is 0 Å². The van der Waals surface area contributed by atoms with Crippen molar-refractivity contribution in [3.05, 3.63) is 18.2 Å². The third-order valence-corrected chi connectivity index (χ3v) is 4.42. The highest BCUT2D eigenvalue weighted by molar-refractivity contribution is 7.89. The third kappa shape index (κ3) is 4.74. The van der Waals surface area contributed by atoms with Crippen LogP contribution in [0.15, 0.2) is 23.1 Å². The predicted octanol–water partition coefficient (Wildman–Crippen LogP) is 1.38. The molecule has 1 aromatic carbocycles. The van der Waals surface area contributed by atoms with Gasteiger partial charge in [0.05, 0.1) is 11.5 Å². The number of alkyl halides is 1. The van der Waals surface area contributed by atoms with Crippen molar-refractivity contribution in [2.45, 2.75) is 11.3 Å². The highest BCUT2D eigenvalue weighted by Crippen LogP contribution is 2.32. The fraction of sp³-hybridized carbons (Fsp3) is 0.538. The summed E-state index contributed by atoms with van der Waals surface area (Å²) >= 11 is 5.47. The lowest BCUT2D eigenvalue weighted by molar-refractivity contribution is 0.147. The second-order valence-corrected chi connectivity index (χ2v) is 6.50. The van der Waals surface area contributed by atoms with Crippen molar-refractivity contribution >= 4 is 21.6 Å². The minimum Gasteiger partial charge on any atom is -0.486 e. The van der Waals surface area contributed by atoms with Gasteiger partial charge in [-0.25, -0.2) is 13.1 Å². The van der Waals surface area contributed by atoms with E-state index in [0.717, 1.165) is 0 Å². The number of ether oxygens (including phenoxy) is 3. The predicted molar refractivity (Wildman–Crippen MR) is 78.8 cm³/mol. The molecule has 1 N–H and O–H groups in total. The second kappa shape index (κ2) is 7.84. The largest absolute Gasteiger partial charge is 0.486 e. The maximum Gasteiger partial charge on any atom is 0.240 e. The number of rotatable bonds is 8. The molecule has 0 aromatic heterocycles. The first-order chi connectivity index (χ1) is 10.1. The zero-order valence-electron chi connectivity index (χ0n) is 11.5. The number of fused-ring (bicyclic) bond motifs is 1. The fourth-order valence-electron chi connectivity index (χ4n) is 1.81. The smallest absolute Gasteiger partial charge is 0.240 e. The Bertz CT molecular complexity index is 564. The van der Waals surface area contributed by atoms with Gasteiger partial charge in [0.1, 0.15) is 13.2 Å². The lowest BCUT2D eigenvalue weighted by Gasteiger charge is -2.18. The minimum atomic E-state index is -3.55. The van der Waals surface area contributed by atoms with Crippen LogP contribution in [0.1, 0.15) is 6.42 Å². The van der Waals surface area contributed by atoms with E-state index in [1.54, 1.807) is 6.07 Å². The quantitative estimate of drug-likeness (QED) is 0.574. The molecule has 1 aliphatic rings. The standard InChI is InChI=1S/C13H18ClNO5S/c14-4-7-18-6-1-5-15-21(16,17)11-2-3-12-13(10-11)20-9-8-19-12/h2-3,10,15H,1,4-9H2. The van der Waals surface area contributed by atoms with Crippen molar-refractivity contribution in [1.29, 1.82) is 0 Å². The van der Waals surface area contributed by atoms with E-state index >= 15 is 0 Å². The zero-order chi connectivity index (χ0) is 15.1. The molecule has 118 valence electrons. The fourth-order valence-corrected chi connectivity index (χ4v) is 3.01. The molecule has 0 amide bonds. The molecule has 0 atom stereocenters. The molecule has 1 heterocycles. The summed E-state index contributed by atoms with van der Waals surface area (Å²) in [4.78, 5) is 0.161. The first kappa shape index (κ1) is 16.4. The molecule has 0 bridgehead atoms. The highest BCUT2D eigenvalue weighted by atomic mass is 35.5. The van der Waals surface area contributed by atoms with E-state index in [0.29, 0.717) is 56.8 Å². The van der Waals surface area contributed by atoms with Crippen LogP contribution in [0.2, 0.25) is 0 Å². The molecule has 8 heteroatoms. The molecule has 6 nitrogen and oxygen atoms in total. The molecule has 0 unspecified atom stereocenters. The van der Waals surface area contributed by atoms with Crippen molar-refractivity contribution in [3.63, 3.8) is 0 Å². The molecule has 1 aromatic rings. The Kier molecular flexibility index (Phi) is 6.10. The molecule has 1 aliphatic heterocycles. The normalized spacial score (nSPS) is 14.1. The average molecular weight is 336 g/mol. The molecule has 0 aliphatic carbocycles. The molecule has 0 saturated carbocycles. The molecule has 0 saturated heterocycles. The van der Waals surface area contributed by atoms with Crippen LogP contribution in [0.3, 0.4) is 0 Å². The average Bonchev–Trinajstić information content (AvgIpc) is 2.50. The lowest BCUT2D eigenvalue weighted by atomic mass is 10.3. The monoisotopic (exact) mass is 335 g/mol. The van der Waals surface area contributed by atoms with Gasteiger partial charge >= 0.3 is 0 Å². The molecular formula is C13H18ClNO5S. The van der Waals surface area contributed by atoms with E-state index in [9.17, 15) is 8.42 Å². The highest BCUT2D eigenvalue weighted by Gasteiger charge is 2.18. The van der Waals surface area contributed by atoms with E-state index in [2.05, 4.69) is 4.72 Å². The summed E-state index contributed by atoms with van der Waals surface area (Å²) in [6.07, 6.45) is 0.584. The Morgan fingerprint density at radius 2 is 1.95 bits per heavy atom. The summed E-state index contributed by atoms with van der Waals surface area (Å²) in [6.45, 7) is 2.13. The van der Waals surface area contributed by atoms with E-state index in [1.807, 2.05) is 0 Å². The summed E-state index contributed by atoms with van der Waals surface area (Å²) in [7, 11) is -3.55. The number of hydrogen-bond acceptors (Lipinski definition) is 5. The summed E-state index contributed by atoms with van der Waals surface area (Å²) in [5, 5.41) is 0. The van der Waals surface area contributed by atoms with Crippen LogP contribution in [0, 0.1) is 0 Å². The van der Waals surface area contributed by atoms with Crippen LogP contribution >= 0.6 is 11.6 Å². The summed E-state index contributed by atoms with van der Waals surface area (Å²) in [5.74, 6) is 1.45. The number of benzene rings is 1. The van der Waals surface area contributed by atoms with E-state index < -0.39 is 10.0 Å². The minimum absolute atomic E-state index is 0.161. The zero-order valence-corrected chi connectivity index (χ0v) is 13.1. The molecule has 2 rings (SSSR count). The van der Waals surface area contributed by atoms with Gasteiger partial charge in [-0.15, -0.1) is 11.6 Å². The SMILES string of the molecule is O=S(=O)(NCCCOCCCl)c1ccc2c(c1)OCCO2. The van der Waals surface area contributed by atoms with Crippen molar-refractivity contribution in [2.24, 2.45) is 0 Å². The molecule has 0 fully saturated rings. The number of nitrogens with one attached hydrogen (secondary N) is 1. The van der Waals surface area contributed by atoms with Gasteiger partial charge in [-0.2, -0.15) is 0 Å². The number of halogens is 1. The maximum atomic E-state index is 12.1. The van der Waals surface area contributed by atoms with Crippen LogP contribution in [0.25, 0.3) is 0 Å². The van der Waals surface area contributed by atoms with Gasteiger partial charge in [0, 0.05) is 25.1 Å². The Balaban J connectivity index is 1.90. The van der Waals surface area contributed by atoms with E-state index in [1.165, 1.54) is 12.1 Å².